The van der Waals surface area contributed by atoms with Gasteiger partial charge in [-0.1, -0.05) is 30.3 Å². The molecule has 1 fully saturated rings. The van der Waals surface area contributed by atoms with Gasteiger partial charge in [-0.3, -0.25) is 0 Å². The molecule has 2 aliphatic heterocycles. The molecular weight excluding hydrogens is 256 g/mol. The smallest absolute Gasteiger partial charge is 0.0468 e. The van der Waals surface area contributed by atoms with E-state index in [1.807, 2.05) is 0 Å². The van der Waals surface area contributed by atoms with Crippen LogP contribution < -0.4 is 0 Å². The molecule has 3 rings (SSSR count). The molecule has 1 atom stereocenters. The minimum atomic E-state index is 0.465. The lowest BCUT2D eigenvalue weighted by molar-refractivity contribution is 0.259. The zero-order valence-corrected chi connectivity index (χ0v) is 13.3. The summed E-state index contributed by atoms with van der Waals surface area (Å²) >= 11 is 0. The van der Waals surface area contributed by atoms with Crippen LogP contribution in [0.5, 0.6) is 0 Å². The van der Waals surface area contributed by atoms with Crippen molar-refractivity contribution >= 4 is 0 Å². The van der Waals surface area contributed by atoms with Gasteiger partial charge in [0.1, 0.15) is 0 Å². The zero-order chi connectivity index (χ0) is 14.7. The molecule has 1 saturated heterocycles. The summed E-state index contributed by atoms with van der Waals surface area (Å²) in [5, 5.41) is 0. The van der Waals surface area contributed by atoms with Crippen molar-refractivity contribution in [3.8, 4) is 0 Å². The molecule has 0 aromatic heterocycles. The van der Waals surface area contributed by atoms with Gasteiger partial charge in [-0.05, 0) is 50.8 Å². The maximum absolute atomic E-state index is 2.56. The number of allylic oxidation sites excluding steroid dienone is 2. The van der Waals surface area contributed by atoms with E-state index < -0.39 is 0 Å². The molecule has 1 aromatic carbocycles. The van der Waals surface area contributed by atoms with Gasteiger partial charge in [0.05, 0.1) is 0 Å². The predicted octanol–water partition coefficient (Wildman–Crippen LogP) is 4.16. The highest BCUT2D eigenvalue weighted by molar-refractivity contribution is 5.29. The summed E-state index contributed by atoms with van der Waals surface area (Å²) in [5.41, 5.74) is 4.20. The molecule has 0 spiro atoms. The van der Waals surface area contributed by atoms with E-state index in [-0.39, 0.29) is 0 Å². The average Bonchev–Trinajstić information content (AvgIpc) is 2.52. The fraction of sp³-hybridized carbons (Fsp3) is 0.474. The molecule has 2 aliphatic rings. The average molecular weight is 282 g/mol. The Hall–Kier alpha value is -1.70. The van der Waals surface area contributed by atoms with Crippen LogP contribution in [0.25, 0.3) is 0 Å². The number of piperidine rings is 1. The number of hydrogen-bond donors (Lipinski definition) is 0. The molecule has 21 heavy (non-hydrogen) atoms. The van der Waals surface area contributed by atoms with E-state index in [0.717, 1.165) is 6.54 Å². The quantitative estimate of drug-likeness (QED) is 0.821. The van der Waals surface area contributed by atoms with E-state index in [4.69, 9.17) is 0 Å². The molecule has 2 nitrogen and oxygen atoms in total. The first kappa shape index (κ1) is 14.2. The third-order valence-corrected chi connectivity index (χ3v) is 4.63. The van der Waals surface area contributed by atoms with E-state index in [2.05, 4.69) is 66.1 Å². The SMILES string of the molecule is CC1=CC(N2CCCCC2)=CC(C)N1Cc1ccccc1. The van der Waals surface area contributed by atoms with Gasteiger partial charge in [0.15, 0.2) is 0 Å². The highest BCUT2D eigenvalue weighted by Crippen LogP contribution is 2.26. The van der Waals surface area contributed by atoms with Crippen molar-refractivity contribution in [2.75, 3.05) is 13.1 Å². The minimum Gasteiger partial charge on any atom is -0.372 e. The monoisotopic (exact) mass is 282 g/mol. The summed E-state index contributed by atoms with van der Waals surface area (Å²) < 4.78 is 0. The molecule has 0 bridgehead atoms. The van der Waals surface area contributed by atoms with Crippen LogP contribution >= 0.6 is 0 Å². The van der Waals surface area contributed by atoms with Gasteiger partial charge in [0, 0.05) is 37.1 Å². The van der Waals surface area contributed by atoms with E-state index >= 15 is 0 Å². The second-order valence-electron chi connectivity index (χ2n) is 6.28. The zero-order valence-electron chi connectivity index (χ0n) is 13.3. The summed E-state index contributed by atoms with van der Waals surface area (Å²) in [7, 11) is 0. The van der Waals surface area contributed by atoms with Crippen LogP contribution in [-0.4, -0.2) is 28.9 Å². The first-order valence-electron chi connectivity index (χ1n) is 8.20. The highest BCUT2D eigenvalue weighted by Gasteiger charge is 2.21. The van der Waals surface area contributed by atoms with E-state index in [9.17, 15) is 0 Å². The van der Waals surface area contributed by atoms with Crippen molar-refractivity contribution in [1.82, 2.24) is 9.80 Å². The normalized spacial score (nSPS) is 22.9. The summed E-state index contributed by atoms with van der Waals surface area (Å²) in [5.74, 6) is 0. The van der Waals surface area contributed by atoms with E-state index in [1.54, 1.807) is 0 Å². The Labute approximate surface area is 128 Å². The van der Waals surface area contributed by atoms with Crippen molar-refractivity contribution in [3.05, 3.63) is 59.4 Å². The second-order valence-corrected chi connectivity index (χ2v) is 6.28. The molecule has 0 saturated carbocycles. The Bertz CT molecular complexity index is 524. The lowest BCUT2D eigenvalue weighted by Crippen LogP contribution is -2.36. The van der Waals surface area contributed by atoms with Gasteiger partial charge in [0.25, 0.3) is 0 Å². The van der Waals surface area contributed by atoms with Crippen LogP contribution in [0.3, 0.4) is 0 Å². The number of likely N-dealkylation sites (tertiary alicyclic amines) is 1. The Balaban J connectivity index is 1.72. The first-order chi connectivity index (χ1) is 10.2. The summed E-state index contributed by atoms with van der Waals surface area (Å²) in [4.78, 5) is 5.05. The molecule has 2 heteroatoms. The first-order valence-corrected chi connectivity index (χ1v) is 8.20. The van der Waals surface area contributed by atoms with Crippen molar-refractivity contribution < 1.29 is 0 Å². The van der Waals surface area contributed by atoms with Crippen LogP contribution in [0.2, 0.25) is 0 Å². The van der Waals surface area contributed by atoms with E-state index in [1.165, 1.54) is 49.3 Å². The highest BCUT2D eigenvalue weighted by atomic mass is 15.2. The van der Waals surface area contributed by atoms with Crippen LogP contribution in [-0.2, 0) is 6.54 Å². The Morgan fingerprint density at radius 3 is 2.43 bits per heavy atom. The molecule has 1 aromatic rings. The van der Waals surface area contributed by atoms with Gasteiger partial charge < -0.3 is 9.80 Å². The fourth-order valence-corrected chi connectivity index (χ4v) is 3.40. The number of nitrogens with zero attached hydrogens (tertiary/aromatic N) is 2. The summed E-state index contributed by atoms with van der Waals surface area (Å²) in [6.45, 7) is 8.00. The minimum absolute atomic E-state index is 0.465. The topological polar surface area (TPSA) is 6.48 Å². The Morgan fingerprint density at radius 2 is 1.76 bits per heavy atom. The molecule has 0 amide bonds. The maximum atomic E-state index is 2.56. The number of rotatable bonds is 3. The Morgan fingerprint density at radius 1 is 1.05 bits per heavy atom. The van der Waals surface area contributed by atoms with Crippen molar-refractivity contribution in [1.29, 1.82) is 0 Å². The lowest BCUT2D eigenvalue weighted by Gasteiger charge is -2.38. The third-order valence-electron chi connectivity index (χ3n) is 4.63. The van der Waals surface area contributed by atoms with Crippen LogP contribution in [0.4, 0.5) is 0 Å². The van der Waals surface area contributed by atoms with Crippen LogP contribution in [0.1, 0.15) is 38.7 Å². The number of benzene rings is 1. The van der Waals surface area contributed by atoms with E-state index in [0.29, 0.717) is 6.04 Å². The van der Waals surface area contributed by atoms with Gasteiger partial charge in [-0.15, -0.1) is 0 Å². The molecule has 0 radical (unpaired) electrons. The van der Waals surface area contributed by atoms with Crippen molar-refractivity contribution in [2.45, 2.75) is 45.7 Å². The van der Waals surface area contributed by atoms with Crippen LogP contribution in [0.15, 0.2) is 53.9 Å². The molecule has 0 aliphatic carbocycles. The maximum Gasteiger partial charge on any atom is 0.0468 e. The predicted molar refractivity (Wildman–Crippen MR) is 88.7 cm³/mol. The molecule has 112 valence electrons. The fourth-order valence-electron chi connectivity index (χ4n) is 3.40. The summed E-state index contributed by atoms with van der Waals surface area (Å²) in [6, 6.07) is 11.2. The van der Waals surface area contributed by atoms with Gasteiger partial charge in [-0.2, -0.15) is 0 Å². The summed E-state index contributed by atoms with van der Waals surface area (Å²) in [6.07, 6.45) is 8.87. The van der Waals surface area contributed by atoms with Crippen molar-refractivity contribution in [2.24, 2.45) is 0 Å². The standard InChI is InChI=1S/C19H26N2/c1-16-13-19(20-11-7-4-8-12-20)14-17(2)21(16)15-18-9-5-3-6-10-18/h3,5-6,9-10,13-14,16H,4,7-8,11-12,15H2,1-2H3. The van der Waals surface area contributed by atoms with Gasteiger partial charge >= 0.3 is 0 Å². The largest absolute Gasteiger partial charge is 0.372 e. The Kier molecular flexibility index (Phi) is 4.33. The van der Waals surface area contributed by atoms with Gasteiger partial charge in [-0.25, -0.2) is 0 Å². The lowest BCUT2D eigenvalue weighted by atomic mass is 10.0. The van der Waals surface area contributed by atoms with Gasteiger partial charge in [0.2, 0.25) is 0 Å². The molecule has 1 unspecified atom stereocenters. The second kappa shape index (κ2) is 6.38. The number of hydrogen-bond acceptors (Lipinski definition) is 2. The molecular formula is C19H26N2. The van der Waals surface area contributed by atoms with Crippen molar-refractivity contribution in [3.63, 3.8) is 0 Å². The molecule has 0 N–H and O–H groups in total. The molecule has 2 heterocycles. The third kappa shape index (κ3) is 3.31. The van der Waals surface area contributed by atoms with Crippen LogP contribution in [0, 0.1) is 0 Å².